The molecule has 0 saturated carbocycles. The number of aryl methyl sites for hydroxylation is 2. The largest absolute Gasteiger partial charge is 0.269 e. The standard InChI is InChI=1S/C15H12BrNO2S/c1-8-3-4-9(2)13-12(8)14(18)17(15(13)19)6-11-5-10(16)7-20-11/h3-5,7H,6H2,1-2H3. The quantitative estimate of drug-likeness (QED) is 0.770. The van der Waals surface area contributed by atoms with E-state index in [0.29, 0.717) is 17.7 Å². The van der Waals surface area contributed by atoms with E-state index in [1.807, 2.05) is 37.4 Å². The van der Waals surface area contributed by atoms with Gasteiger partial charge < -0.3 is 0 Å². The fraction of sp³-hybridized carbons (Fsp3) is 0.200. The number of imide groups is 1. The predicted molar refractivity (Wildman–Crippen MR) is 82.1 cm³/mol. The molecule has 0 aliphatic carbocycles. The van der Waals surface area contributed by atoms with Crippen molar-refractivity contribution >= 4 is 39.1 Å². The van der Waals surface area contributed by atoms with Crippen molar-refractivity contribution in [1.29, 1.82) is 0 Å². The Morgan fingerprint density at radius 2 is 1.65 bits per heavy atom. The van der Waals surface area contributed by atoms with Crippen molar-refractivity contribution in [1.82, 2.24) is 4.90 Å². The van der Waals surface area contributed by atoms with Crippen LogP contribution in [0.4, 0.5) is 0 Å². The number of halogens is 1. The van der Waals surface area contributed by atoms with Gasteiger partial charge in [0, 0.05) is 14.7 Å². The maximum Gasteiger partial charge on any atom is 0.262 e. The van der Waals surface area contributed by atoms with Crippen LogP contribution in [0.3, 0.4) is 0 Å². The van der Waals surface area contributed by atoms with Gasteiger partial charge in [0.25, 0.3) is 11.8 Å². The van der Waals surface area contributed by atoms with Crippen LogP contribution in [0, 0.1) is 13.8 Å². The number of benzene rings is 1. The van der Waals surface area contributed by atoms with E-state index in [2.05, 4.69) is 15.9 Å². The Bertz CT molecular complexity index is 694. The highest BCUT2D eigenvalue weighted by atomic mass is 79.9. The molecule has 0 unspecified atom stereocenters. The summed E-state index contributed by atoms with van der Waals surface area (Å²) in [6.45, 7) is 4.07. The molecule has 3 rings (SSSR count). The van der Waals surface area contributed by atoms with Gasteiger partial charge in [-0.3, -0.25) is 14.5 Å². The van der Waals surface area contributed by atoms with Crippen LogP contribution in [-0.2, 0) is 6.54 Å². The zero-order chi connectivity index (χ0) is 14.4. The molecule has 5 heteroatoms. The third kappa shape index (κ3) is 2.01. The SMILES string of the molecule is Cc1ccc(C)c2c1C(=O)N(Cc1cc(Br)cs1)C2=O. The van der Waals surface area contributed by atoms with Crippen molar-refractivity contribution in [2.45, 2.75) is 20.4 Å². The van der Waals surface area contributed by atoms with Crippen molar-refractivity contribution in [3.05, 3.63) is 55.2 Å². The van der Waals surface area contributed by atoms with Crippen LogP contribution < -0.4 is 0 Å². The third-order valence-electron chi connectivity index (χ3n) is 3.48. The molecule has 1 aromatic heterocycles. The fourth-order valence-electron chi connectivity index (χ4n) is 2.46. The molecule has 0 fully saturated rings. The van der Waals surface area contributed by atoms with Gasteiger partial charge in [-0.25, -0.2) is 0 Å². The number of hydrogen-bond donors (Lipinski definition) is 0. The minimum absolute atomic E-state index is 0.185. The van der Waals surface area contributed by atoms with Crippen LogP contribution in [0.2, 0.25) is 0 Å². The third-order valence-corrected chi connectivity index (χ3v) is 5.16. The lowest BCUT2D eigenvalue weighted by molar-refractivity contribution is 0.0643. The first-order chi connectivity index (χ1) is 9.49. The molecule has 1 aromatic carbocycles. The van der Waals surface area contributed by atoms with Gasteiger partial charge in [0.1, 0.15) is 0 Å². The van der Waals surface area contributed by atoms with Gasteiger partial charge in [0.2, 0.25) is 0 Å². The van der Waals surface area contributed by atoms with Crippen LogP contribution in [0.15, 0.2) is 28.1 Å². The molecule has 2 amide bonds. The molecule has 20 heavy (non-hydrogen) atoms. The summed E-state index contributed by atoms with van der Waals surface area (Å²) in [4.78, 5) is 27.3. The number of amides is 2. The molecule has 0 radical (unpaired) electrons. The Labute approximate surface area is 129 Å². The van der Waals surface area contributed by atoms with E-state index in [4.69, 9.17) is 0 Å². The van der Waals surface area contributed by atoms with Gasteiger partial charge in [-0.2, -0.15) is 0 Å². The Morgan fingerprint density at radius 1 is 1.10 bits per heavy atom. The summed E-state index contributed by atoms with van der Waals surface area (Å²) in [6, 6.07) is 5.73. The molecule has 0 N–H and O–H groups in total. The van der Waals surface area contributed by atoms with Crippen molar-refractivity contribution in [3.8, 4) is 0 Å². The normalized spacial score (nSPS) is 14.1. The molecule has 3 nitrogen and oxygen atoms in total. The van der Waals surface area contributed by atoms with Crippen LogP contribution in [-0.4, -0.2) is 16.7 Å². The van der Waals surface area contributed by atoms with Crippen molar-refractivity contribution < 1.29 is 9.59 Å². The zero-order valence-corrected chi connectivity index (χ0v) is 13.5. The second kappa shape index (κ2) is 4.82. The summed E-state index contributed by atoms with van der Waals surface area (Å²) in [6.07, 6.45) is 0. The molecule has 0 spiro atoms. The smallest absolute Gasteiger partial charge is 0.262 e. The summed E-state index contributed by atoms with van der Waals surface area (Å²) < 4.78 is 0.974. The highest BCUT2D eigenvalue weighted by Crippen LogP contribution is 2.31. The first-order valence-electron chi connectivity index (χ1n) is 6.18. The van der Waals surface area contributed by atoms with Crippen LogP contribution in [0.1, 0.15) is 36.7 Å². The summed E-state index contributed by atoms with van der Waals surface area (Å²) in [7, 11) is 0. The average molecular weight is 350 g/mol. The topological polar surface area (TPSA) is 37.4 Å². The lowest BCUT2D eigenvalue weighted by Crippen LogP contribution is -2.28. The van der Waals surface area contributed by atoms with E-state index in [-0.39, 0.29) is 11.8 Å². The second-order valence-corrected chi connectivity index (χ2v) is 6.79. The Balaban J connectivity index is 2.01. The zero-order valence-electron chi connectivity index (χ0n) is 11.1. The maximum absolute atomic E-state index is 12.5. The van der Waals surface area contributed by atoms with Gasteiger partial charge in [-0.1, -0.05) is 12.1 Å². The Kier molecular flexibility index (Phi) is 3.26. The van der Waals surface area contributed by atoms with E-state index >= 15 is 0 Å². The monoisotopic (exact) mass is 349 g/mol. The molecular formula is C15H12BrNO2S. The number of carbonyl (C=O) groups excluding carboxylic acids is 2. The minimum Gasteiger partial charge on any atom is -0.269 e. The van der Waals surface area contributed by atoms with E-state index < -0.39 is 0 Å². The number of fused-ring (bicyclic) bond motifs is 1. The predicted octanol–water partition coefficient (Wildman–Crippen LogP) is 3.92. The van der Waals surface area contributed by atoms with Crippen LogP contribution >= 0.6 is 27.3 Å². The van der Waals surface area contributed by atoms with Gasteiger partial charge >= 0.3 is 0 Å². The summed E-state index contributed by atoms with van der Waals surface area (Å²) in [5.41, 5.74) is 2.84. The lowest BCUT2D eigenvalue weighted by atomic mass is 9.99. The maximum atomic E-state index is 12.5. The van der Waals surface area contributed by atoms with Gasteiger partial charge in [0.05, 0.1) is 17.7 Å². The molecule has 0 bridgehead atoms. The minimum atomic E-state index is -0.185. The first-order valence-corrected chi connectivity index (χ1v) is 7.85. The lowest BCUT2D eigenvalue weighted by Gasteiger charge is -2.12. The number of carbonyl (C=O) groups is 2. The van der Waals surface area contributed by atoms with E-state index in [0.717, 1.165) is 20.5 Å². The van der Waals surface area contributed by atoms with Crippen molar-refractivity contribution in [2.24, 2.45) is 0 Å². The summed E-state index contributed by atoms with van der Waals surface area (Å²) in [5.74, 6) is -0.369. The molecule has 102 valence electrons. The summed E-state index contributed by atoms with van der Waals surface area (Å²) >= 11 is 4.92. The molecule has 0 atom stereocenters. The van der Waals surface area contributed by atoms with E-state index in [1.54, 1.807) is 0 Å². The number of hydrogen-bond acceptors (Lipinski definition) is 3. The summed E-state index contributed by atoms with van der Waals surface area (Å²) in [5, 5.41) is 1.95. The highest BCUT2D eigenvalue weighted by molar-refractivity contribution is 9.10. The average Bonchev–Trinajstić information content (AvgIpc) is 2.92. The van der Waals surface area contributed by atoms with E-state index in [9.17, 15) is 9.59 Å². The van der Waals surface area contributed by atoms with Gasteiger partial charge in [0.15, 0.2) is 0 Å². The molecule has 1 aliphatic rings. The molecule has 2 aromatic rings. The Hall–Kier alpha value is -1.46. The highest BCUT2D eigenvalue weighted by Gasteiger charge is 2.37. The molecule has 1 aliphatic heterocycles. The fourth-order valence-corrected chi connectivity index (χ4v) is 3.90. The van der Waals surface area contributed by atoms with Crippen LogP contribution in [0.25, 0.3) is 0 Å². The molecule has 0 saturated heterocycles. The number of nitrogens with zero attached hydrogens (tertiary/aromatic N) is 1. The second-order valence-electron chi connectivity index (χ2n) is 4.88. The van der Waals surface area contributed by atoms with Crippen molar-refractivity contribution in [3.63, 3.8) is 0 Å². The van der Waals surface area contributed by atoms with Crippen molar-refractivity contribution in [2.75, 3.05) is 0 Å². The number of rotatable bonds is 2. The van der Waals surface area contributed by atoms with Crippen LogP contribution in [0.5, 0.6) is 0 Å². The number of thiophene rings is 1. The molecular weight excluding hydrogens is 338 g/mol. The van der Waals surface area contributed by atoms with E-state index in [1.165, 1.54) is 16.2 Å². The van der Waals surface area contributed by atoms with Gasteiger partial charge in [-0.15, -0.1) is 11.3 Å². The van der Waals surface area contributed by atoms with Gasteiger partial charge in [-0.05, 0) is 47.0 Å². The molecule has 2 heterocycles. The first kappa shape index (κ1) is 13.5. The Morgan fingerprint density at radius 3 is 2.10 bits per heavy atom.